The Hall–Kier alpha value is -4.05. The van der Waals surface area contributed by atoms with Crippen LogP contribution in [-0.2, 0) is 26.2 Å². The Morgan fingerprint density at radius 3 is 2.30 bits per heavy atom. The number of methoxy groups -OCH3 is 2. The SMILES string of the molecule is COc1cccc(CN(C(=O)CN(c2ccccc2OC)S(=O)(=O)c2ccc(C)cc2)C(C)C(=O)NC2CCCCC2)c1. The molecule has 0 aliphatic heterocycles. The van der Waals surface area contributed by atoms with Crippen LogP contribution in [0.1, 0.15) is 50.2 Å². The van der Waals surface area contributed by atoms with Gasteiger partial charge in [0.2, 0.25) is 11.8 Å². The fourth-order valence-electron chi connectivity index (χ4n) is 5.31. The standard InChI is InChI=1S/C33H41N3O6S/c1-24-17-19-29(20-18-24)43(39,40)36(30-15-8-9-16-31(30)42-4)23-32(37)35(22-26-11-10-14-28(21-26)41-3)25(2)33(38)34-27-12-6-5-7-13-27/h8-11,14-21,25,27H,5-7,12-13,22-23H2,1-4H3,(H,34,38). The molecule has 43 heavy (non-hydrogen) atoms. The van der Waals surface area contributed by atoms with Crippen LogP contribution in [0.4, 0.5) is 5.69 Å². The summed E-state index contributed by atoms with van der Waals surface area (Å²) in [6.45, 7) is 3.09. The summed E-state index contributed by atoms with van der Waals surface area (Å²) >= 11 is 0. The number of hydrogen-bond donors (Lipinski definition) is 1. The van der Waals surface area contributed by atoms with Gasteiger partial charge in [-0.05, 0) is 68.7 Å². The monoisotopic (exact) mass is 607 g/mol. The van der Waals surface area contributed by atoms with Gasteiger partial charge in [-0.2, -0.15) is 0 Å². The number of benzene rings is 3. The molecule has 0 saturated heterocycles. The lowest BCUT2D eigenvalue weighted by atomic mass is 9.95. The fraction of sp³-hybridized carbons (Fsp3) is 0.394. The zero-order valence-electron chi connectivity index (χ0n) is 25.3. The molecule has 1 N–H and O–H groups in total. The molecule has 0 heterocycles. The molecular formula is C33H41N3O6S. The molecule has 0 spiro atoms. The molecule has 1 saturated carbocycles. The summed E-state index contributed by atoms with van der Waals surface area (Å²) in [5.74, 6) is 0.110. The van der Waals surface area contributed by atoms with E-state index in [1.165, 1.54) is 24.1 Å². The van der Waals surface area contributed by atoms with E-state index in [-0.39, 0.29) is 29.1 Å². The van der Waals surface area contributed by atoms with E-state index in [1.807, 2.05) is 19.1 Å². The van der Waals surface area contributed by atoms with Gasteiger partial charge >= 0.3 is 0 Å². The zero-order valence-corrected chi connectivity index (χ0v) is 26.1. The van der Waals surface area contributed by atoms with Crippen LogP contribution < -0.4 is 19.1 Å². The predicted octanol–water partition coefficient (Wildman–Crippen LogP) is 5.07. The van der Waals surface area contributed by atoms with Gasteiger partial charge < -0.3 is 19.7 Å². The number of carbonyl (C=O) groups is 2. The third-order valence-electron chi connectivity index (χ3n) is 7.85. The van der Waals surface area contributed by atoms with Gasteiger partial charge in [0.05, 0.1) is 24.8 Å². The maximum atomic E-state index is 14.2. The lowest BCUT2D eigenvalue weighted by Crippen LogP contribution is -2.53. The van der Waals surface area contributed by atoms with Gasteiger partial charge in [0.1, 0.15) is 24.1 Å². The van der Waals surface area contributed by atoms with E-state index in [2.05, 4.69) is 5.32 Å². The predicted molar refractivity (Wildman–Crippen MR) is 167 cm³/mol. The molecule has 230 valence electrons. The number of rotatable bonds is 12. The third kappa shape index (κ3) is 7.87. The Balaban J connectivity index is 1.71. The normalized spacial score (nSPS) is 14.4. The minimum absolute atomic E-state index is 0.0410. The van der Waals surface area contributed by atoms with Crippen LogP contribution in [0.3, 0.4) is 0 Å². The number of nitrogens with one attached hydrogen (secondary N) is 1. The summed E-state index contributed by atoms with van der Waals surface area (Å²) < 4.78 is 40.1. The number of carbonyl (C=O) groups excluding carboxylic acids is 2. The quantitative estimate of drug-likeness (QED) is 0.308. The maximum absolute atomic E-state index is 14.2. The molecule has 3 aromatic rings. The van der Waals surface area contributed by atoms with Crippen molar-refractivity contribution in [2.24, 2.45) is 0 Å². The summed E-state index contributed by atoms with van der Waals surface area (Å²) in [5, 5.41) is 3.12. The smallest absolute Gasteiger partial charge is 0.264 e. The zero-order chi connectivity index (χ0) is 31.0. The lowest BCUT2D eigenvalue weighted by molar-refractivity contribution is -0.139. The first-order valence-electron chi connectivity index (χ1n) is 14.6. The van der Waals surface area contributed by atoms with Crippen molar-refractivity contribution in [3.63, 3.8) is 0 Å². The summed E-state index contributed by atoms with van der Waals surface area (Å²) in [5.41, 5.74) is 1.87. The number of nitrogens with zero attached hydrogens (tertiary/aromatic N) is 2. The lowest BCUT2D eigenvalue weighted by Gasteiger charge is -2.33. The number of aryl methyl sites for hydroxylation is 1. The number of para-hydroxylation sites is 2. The van der Waals surface area contributed by atoms with Crippen LogP contribution in [0.25, 0.3) is 0 Å². The van der Waals surface area contributed by atoms with Crippen molar-refractivity contribution >= 4 is 27.5 Å². The first-order chi connectivity index (χ1) is 20.6. The molecule has 1 aliphatic carbocycles. The average molecular weight is 608 g/mol. The van der Waals surface area contributed by atoms with Gasteiger partial charge in [0, 0.05) is 12.6 Å². The summed E-state index contributed by atoms with van der Waals surface area (Å²) in [6.07, 6.45) is 5.06. The van der Waals surface area contributed by atoms with Crippen LogP contribution in [0, 0.1) is 6.92 Å². The highest BCUT2D eigenvalue weighted by Crippen LogP contribution is 2.32. The topological polar surface area (TPSA) is 105 Å². The Bertz CT molecular complexity index is 1500. The van der Waals surface area contributed by atoms with Gasteiger partial charge in [0.15, 0.2) is 0 Å². The molecule has 3 aromatic carbocycles. The van der Waals surface area contributed by atoms with E-state index in [9.17, 15) is 18.0 Å². The van der Waals surface area contributed by atoms with E-state index in [0.29, 0.717) is 11.5 Å². The van der Waals surface area contributed by atoms with Crippen LogP contribution >= 0.6 is 0 Å². The van der Waals surface area contributed by atoms with E-state index in [0.717, 1.165) is 47.5 Å². The number of ether oxygens (including phenoxy) is 2. The van der Waals surface area contributed by atoms with Crippen molar-refractivity contribution < 1.29 is 27.5 Å². The fourth-order valence-corrected chi connectivity index (χ4v) is 6.73. The maximum Gasteiger partial charge on any atom is 0.264 e. The molecule has 0 bridgehead atoms. The summed E-state index contributed by atoms with van der Waals surface area (Å²) in [4.78, 5) is 29.2. The molecular weight excluding hydrogens is 566 g/mol. The van der Waals surface area contributed by atoms with Gasteiger partial charge in [-0.1, -0.05) is 61.2 Å². The number of hydrogen-bond acceptors (Lipinski definition) is 6. The van der Waals surface area contributed by atoms with Crippen molar-refractivity contribution in [2.75, 3.05) is 25.1 Å². The van der Waals surface area contributed by atoms with E-state index >= 15 is 0 Å². The number of amides is 2. The van der Waals surface area contributed by atoms with Crippen molar-refractivity contribution in [3.05, 3.63) is 83.9 Å². The molecule has 1 aliphatic rings. The second kappa shape index (κ2) is 14.4. The highest BCUT2D eigenvalue weighted by Gasteiger charge is 2.34. The van der Waals surface area contributed by atoms with Gasteiger partial charge in [-0.25, -0.2) is 8.42 Å². The van der Waals surface area contributed by atoms with Crippen LogP contribution in [0.5, 0.6) is 11.5 Å². The largest absolute Gasteiger partial charge is 0.497 e. The van der Waals surface area contributed by atoms with E-state index in [1.54, 1.807) is 62.6 Å². The van der Waals surface area contributed by atoms with Crippen LogP contribution in [0.2, 0.25) is 0 Å². The van der Waals surface area contributed by atoms with Crippen molar-refractivity contribution in [1.29, 1.82) is 0 Å². The molecule has 1 fully saturated rings. The van der Waals surface area contributed by atoms with Crippen molar-refractivity contribution in [1.82, 2.24) is 10.2 Å². The third-order valence-corrected chi connectivity index (χ3v) is 9.62. The molecule has 9 nitrogen and oxygen atoms in total. The second-order valence-electron chi connectivity index (χ2n) is 10.9. The van der Waals surface area contributed by atoms with E-state index in [4.69, 9.17) is 9.47 Å². The van der Waals surface area contributed by atoms with Crippen molar-refractivity contribution in [3.8, 4) is 11.5 Å². The average Bonchev–Trinajstić information content (AvgIpc) is 3.02. The van der Waals surface area contributed by atoms with Gasteiger partial charge in [-0.15, -0.1) is 0 Å². The van der Waals surface area contributed by atoms with Crippen LogP contribution in [0.15, 0.2) is 77.7 Å². The minimum atomic E-state index is -4.20. The molecule has 0 radical (unpaired) electrons. The molecule has 2 amide bonds. The summed E-state index contributed by atoms with van der Waals surface area (Å²) in [7, 11) is -1.19. The van der Waals surface area contributed by atoms with E-state index < -0.39 is 28.5 Å². The highest BCUT2D eigenvalue weighted by molar-refractivity contribution is 7.92. The highest BCUT2D eigenvalue weighted by atomic mass is 32.2. The van der Waals surface area contributed by atoms with Crippen LogP contribution in [-0.4, -0.2) is 58.0 Å². The molecule has 4 rings (SSSR count). The van der Waals surface area contributed by atoms with Crippen molar-refractivity contribution in [2.45, 2.75) is 69.5 Å². The first-order valence-corrected chi connectivity index (χ1v) is 16.0. The second-order valence-corrected chi connectivity index (χ2v) is 12.8. The molecule has 10 heteroatoms. The molecule has 0 aromatic heterocycles. The number of sulfonamides is 1. The Morgan fingerprint density at radius 1 is 0.930 bits per heavy atom. The van der Waals surface area contributed by atoms with Gasteiger partial charge in [-0.3, -0.25) is 13.9 Å². The van der Waals surface area contributed by atoms with Gasteiger partial charge in [0.25, 0.3) is 10.0 Å². The molecule has 1 unspecified atom stereocenters. The number of anilines is 1. The first kappa shape index (κ1) is 31.9. The minimum Gasteiger partial charge on any atom is -0.497 e. The Morgan fingerprint density at radius 2 is 1.63 bits per heavy atom. The Kier molecular flexibility index (Phi) is 10.7. The summed E-state index contributed by atoms with van der Waals surface area (Å²) in [6, 6.07) is 19.6. The Labute approximate surface area is 254 Å². The molecule has 1 atom stereocenters.